The third-order valence-electron chi connectivity index (χ3n) is 4.65. The Balaban J connectivity index is 1.82. The van der Waals surface area contributed by atoms with Crippen molar-refractivity contribution in [2.75, 3.05) is 13.1 Å². The van der Waals surface area contributed by atoms with Gasteiger partial charge in [0.1, 0.15) is 0 Å². The Morgan fingerprint density at radius 1 is 0.917 bits per heavy atom. The van der Waals surface area contributed by atoms with Crippen molar-refractivity contribution in [1.29, 1.82) is 0 Å². The smallest absolute Gasteiger partial charge is 0.407 e. The molecule has 1 amide bonds. The number of likely N-dealkylation sites (tertiary alicyclic amines) is 1. The van der Waals surface area contributed by atoms with Crippen molar-refractivity contribution in [2.45, 2.75) is 12.3 Å². The first-order chi connectivity index (χ1) is 11.6. The largest absolute Gasteiger partial charge is 0.481 e. The van der Waals surface area contributed by atoms with E-state index in [1.807, 2.05) is 54.6 Å². The fraction of sp³-hybridized carbons (Fsp3) is 0.263. The molecule has 2 atom stereocenters. The van der Waals surface area contributed by atoms with Crippen LogP contribution in [0.5, 0.6) is 0 Å². The molecule has 0 unspecified atom stereocenters. The molecule has 3 rings (SSSR count). The quantitative estimate of drug-likeness (QED) is 0.905. The first-order valence-corrected chi connectivity index (χ1v) is 7.92. The lowest BCUT2D eigenvalue weighted by Gasteiger charge is -2.35. The van der Waals surface area contributed by atoms with Gasteiger partial charge in [-0.3, -0.25) is 4.79 Å². The molecule has 5 nitrogen and oxygen atoms in total. The van der Waals surface area contributed by atoms with Crippen LogP contribution in [0.15, 0.2) is 54.6 Å². The molecule has 1 heterocycles. The number of carboxylic acid groups (broad SMARTS) is 2. The summed E-state index contributed by atoms with van der Waals surface area (Å²) in [6, 6.07) is 17.9. The molecule has 1 saturated heterocycles. The van der Waals surface area contributed by atoms with Gasteiger partial charge in [0.05, 0.1) is 5.92 Å². The molecule has 5 heteroatoms. The number of amides is 1. The van der Waals surface area contributed by atoms with Gasteiger partial charge in [0.2, 0.25) is 0 Å². The van der Waals surface area contributed by atoms with Gasteiger partial charge in [-0.2, -0.15) is 0 Å². The van der Waals surface area contributed by atoms with Crippen LogP contribution in [0.2, 0.25) is 0 Å². The zero-order chi connectivity index (χ0) is 17.1. The molecule has 0 aliphatic carbocycles. The summed E-state index contributed by atoms with van der Waals surface area (Å²) >= 11 is 0. The van der Waals surface area contributed by atoms with Crippen molar-refractivity contribution in [2.24, 2.45) is 5.92 Å². The van der Waals surface area contributed by atoms with Crippen LogP contribution in [0.3, 0.4) is 0 Å². The number of nitrogens with zero attached hydrogens (tertiary/aromatic N) is 1. The van der Waals surface area contributed by atoms with Gasteiger partial charge < -0.3 is 15.1 Å². The molecule has 1 aliphatic heterocycles. The van der Waals surface area contributed by atoms with Crippen molar-refractivity contribution in [3.63, 3.8) is 0 Å². The monoisotopic (exact) mass is 325 g/mol. The van der Waals surface area contributed by atoms with Gasteiger partial charge in [-0.1, -0.05) is 54.6 Å². The predicted octanol–water partition coefficient (Wildman–Crippen LogP) is 3.52. The summed E-state index contributed by atoms with van der Waals surface area (Å²) in [5.41, 5.74) is 3.14. The minimum atomic E-state index is -1.06. The van der Waals surface area contributed by atoms with E-state index in [4.69, 9.17) is 5.11 Å². The number of carbonyl (C=O) groups is 2. The Labute approximate surface area is 140 Å². The maximum absolute atomic E-state index is 11.6. The van der Waals surface area contributed by atoms with E-state index in [0.29, 0.717) is 13.0 Å². The summed E-state index contributed by atoms with van der Waals surface area (Å²) in [5, 5.41) is 18.6. The number of carboxylic acids is 1. The summed E-state index contributed by atoms with van der Waals surface area (Å²) in [5.74, 6) is -1.82. The molecular weight excluding hydrogens is 306 g/mol. The van der Waals surface area contributed by atoms with Crippen LogP contribution in [0, 0.1) is 5.92 Å². The average Bonchev–Trinajstić information content (AvgIpc) is 2.62. The first-order valence-electron chi connectivity index (χ1n) is 7.92. The van der Waals surface area contributed by atoms with Gasteiger partial charge in [-0.15, -0.1) is 0 Å². The highest BCUT2D eigenvalue weighted by molar-refractivity contribution is 5.74. The molecule has 124 valence electrons. The van der Waals surface area contributed by atoms with E-state index in [1.165, 1.54) is 4.90 Å². The highest BCUT2D eigenvalue weighted by Crippen LogP contribution is 2.34. The Morgan fingerprint density at radius 2 is 1.54 bits per heavy atom. The zero-order valence-corrected chi connectivity index (χ0v) is 13.1. The Morgan fingerprint density at radius 3 is 2.12 bits per heavy atom. The van der Waals surface area contributed by atoms with Gasteiger partial charge in [0.15, 0.2) is 0 Å². The average molecular weight is 325 g/mol. The molecular formula is C19H19NO4. The lowest BCUT2D eigenvalue weighted by molar-refractivity contribution is -0.144. The molecule has 0 saturated carbocycles. The number of benzene rings is 2. The summed E-state index contributed by atoms with van der Waals surface area (Å²) in [6.45, 7) is 0.403. The van der Waals surface area contributed by atoms with Gasteiger partial charge in [0, 0.05) is 19.0 Å². The summed E-state index contributed by atoms with van der Waals surface area (Å²) in [6.07, 6.45) is -0.535. The van der Waals surface area contributed by atoms with E-state index >= 15 is 0 Å². The second kappa shape index (κ2) is 6.74. The highest BCUT2D eigenvalue weighted by Gasteiger charge is 2.36. The SMILES string of the molecule is O=C(O)[C@@H]1CN(C(=O)O)CC[C@H]1c1ccc(-c2ccccc2)cc1. The predicted molar refractivity (Wildman–Crippen MR) is 90.0 cm³/mol. The van der Waals surface area contributed by atoms with E-state index in [0.717, 1.165) is 16.7 Å². The Bertz CT molecular complexity index is 727. The molecule has 0 radical (unpaired) electrons. The normalized spacial score (nSPS) is 20.6. The minimum absolute atomic E-state index is 0.0375. The van der Waals surface area contributed by atoms with E-state index in [1.54, 1.807) is 0 Å². The van der Waals surface area contributed by atoms with Crippen LogP contribution >= 0.6 is 0 Å². The second-order valence-electron chi connectivity index (χ2n) is 6.06. The Hall–Kier alpha value is -2.82. The first kappa shape index (κ1) is 16.1. The van der Waals surface area contributed by atoms with E-state index in [9.17, 15) is 14.7 Å². The van der Waals surface area contributed by atoms with E-state index < -0.39 is 18.0 Å². The van der Waals surface area contributed by atoms with Crippen LogP contribution in [-0.2, 0) is 4.79 Å². The number of hydrogen-bond donors (Lipinski definition) is 2. The molecule has 24 heavy (non-hydrogen) atoms. The molecule has 0 spiro atoms. The maximum Gasteiger partial charge on any atom is 0.407 e. The number of hydrogen-bond acceptors (Lipinski definition) is 2. The van der Waals surface area contributed by atoms with Gasteiger partial charge in [0.25, 0.3) is 0 Å². The van der Waals surface area contributed by atoms with Crippen molar-refractivity contribution >= 4 is 12.1 Å². The number of aliphatic carboxylic acids is 1. The molecule has 1 fully saturated rings. The second-order valence-corrected chi connectivity index (χ2v) is 6.06. The number of rotatable bonds is 3. The van der Waals surface area contributed by atoms with Crippen molar-refractivity contribution in [3.8, 4) is 11.1 Å². The molecule has 1 aliphatic rings. The summed E-state index contributed by atoms with van der Waals surface area (Å²) < 4.78 is 0. The van der Waals surface area contributed by atoms with Crippen molar-refractivity contribution in [1.82, 2.24) is 4.90 Å². The van der Waals surface area contributed by atoms with Crippen molar-refractivity contribution < 1.29 is 19.8 Å². The third kappa shape index (κ3) is 3.25. The van der Waals surface area contributed by atoms with Crippen molar-refractivity contribution in [3.05, 3.63) is 60.2 Å². The van der Waals surface area contributed by atoms with E-state index in [2.05, 4.69) is 0 Å². The lowest BCUT2D eigenvalue weighted by atomic mass is 9.80. The van der Waals surface area contributed by atoms with E-state index in [-0.39, 0.29) is 12.5 Å². The van der Waals surface area contributed by atoms with Crippen LogP contribution in [-0.4, -0.2) is 40.3 Å². The van der Waals surface area contributed by atoms with Gasteiger partial charge in [-0.25, -0.2) is 4.79 Å². The molecule has 2 aromatic carbocycles. The standard InChI is InChI=1S/C19H19NO4/c21-18(22)17-12-20(19(23)24)11-10-16(17)15-8-6-14(7-9-15)13-4-2-1-3-5-13/h1-9,16-17H,10-12H2,(H,21,22)(H,23,24)/t16-,17+/m0/s1. The van der Waals surface area contributed by atoms with Crippen LogP contribution in [0.4, 0.5) is 4.79 Å². The lowest BCUT2D eigenvalue weighted by Crippen LogP contribution is -2.45. The highest BCUT2D eigenvalue weighted by atomic mass is 16.4. The summed E-state index contributed by atoms with van der Waals surface area (Å²) in [4.78, 5) is 23.9. The van der Waals surface area contributed by atoms with Crippen LogP contribution in [0.25, 0.3) is 11.1 Å². The fourth-order valence-corrected chi connectivity index (χ4v) is 3.33. The minimum Gasteiger partial charge on any atom is -0.481 e. The molecule has 0 aromatic heterocycles. The summed E-state index contributed by atoms with van der Waals surface area (Å²) in [7, 11) is 0. The molecule has 0 bridgehead atoms. The zero-order valence-electron chi connectivity index (χ0n) is 13.1. The maximum atomic E-state index is 11.6. The van der Waals surface area contributed by atoms with Crippen LogP contribution in [0.1, 0.15) is 17.9 Å². The topological polar surface area (TPSA) is 77.8 Å². The molecule has 2 aromatic rings. The molecule has 2 N–H and O–H groups in total. The number of piperidine rings is 1. The van der Waals surface area contributed by atoms with Gasteiger partial charge in [-0.05, 0) is 23.1 Å². The van der Waals surface area contributed by atoms with Crippen LogP contribution < -0.4 is 0 Å². The van der Waals surface area contributed by atoms with Gasteiger partial charge >= 0.3 is 12.1 Å². The fourth-order valence-electron chi connectivity index (χ4n) is 3.33. The Kier molecular flexibility index (Phi) is 4.51. The third-order valence-corrected chi connectivity index (χ3v) is 4.65.